The first kappa shape index (κ1) is 18.2. The van der Waals surface area contributed by atoms with Crippen molar-refractivity contribution in [3.05, 3.63) is 65.2 Å². The smallest absolute Gasteiger partial charge is 0.325 e. The number of ketones is 1. The number of nitrogens with one attached hydrogen (secondary N) is 1. The highest BCUT2D eigenvalue weighted by molar-refractivity contribution is 5.99. The van der Waals surface area contributed by atoms with Crippen LogP contribution in [0.3, 0.4) is 0 Å². The number of Topliss-reactive ketones (excluding diaryl/α,β-unsaturated/α-hetero) is 1. The highest BCUT2D eigenvalue weighted by Crippen LogP contribution is 2.11. The number of carbonyl (C=O) groups is 3. The molecule has 2 aromatic rings. The van der Waals surface area contributed by atoms with Crippen LogP contribution in [0.25, 0.3) is 0 Å². The lowest BCUT2D eigenvalue weighted by atomic mass is 10.1. The van der Waals surface area contributed by atoms with Crippen molar-refractivity contribution in [2.24, 2.45) is 0 Å². The van der Waals surface area contributed by atoms with E-state index in [1.54, 1.807) is 42.5 Å². The number of benzene rings is 2. The van der Waals surface area contributed by atoms with Crippen LogP contribution in [0.2, 0.25) is 0 Å². The van der Waals surface area contributed by atoms with Gasteiger partial charge in [-0.15, -0.1) is 0 Å². The number of carbonyl (C=O) groups excluding carboxylic acids is 3. The molecule has 0 heterocycles. The number of ether oxygens (including phenoxy) is 2. The van der Waals surface area contributed by atoms with E-state index in [0.29, 0.717) is 16.9 Å². The SMILES string of the molecule is COc1ccc(C(=O)COC(=O)CNC(=O)c2cccc(C)c2)cc1. The van der Waals surface area contributed by atoms with Gasteiger partial charge in [0.05, 0.1) is 7.11 Å². The molecule has 0 saturated heterocycles. The number of hydrogen-bond acceptors (Lipinski definition) is 5. The van der Waals surface area contributed by atoms with Crippen LogP contribution in [0.1, 0.15) is 26.3 Å². The van der Waals surface area contributed by atoms with Gasteiger partial charge in [-0.2, -0.15) is 0 Å². The summed E-state index contributed by atoms with van der Waals surface area (Å²) in [5, 5.41) is 2.46. The maximum atomic E-state index is 11.9. The van der Waals surface area contributed by atoms with Crippen molar-refractivity contribution in [1.29, 1.82) is 0 Å². The highest BCUT2D eigenvalue weighted by Gasteiger charge is 2.12. The second-order valence-corrected chi connectivity index (χ2v) is 5.36. The van der Waals surface area contributed by atoms with Gasteiger partial charge in [0.25, 0.3) is 5.91 Å². The fourth-order valence-electron chi connectivity index (χ4n) is 2.10. The maximum Gasteiger partial charge on any atom is 0.325 e. The summed E-state index contributed by atoms with van der Waals surface area (Å²) in [7, 11) is 1.53. The third kappa shape index (κ3) is 5.46. The van der Waals surface area contributed by atoms with Crippen molar-refractivity contribution in [3.8, 4) is 5.75 Å². The summed E-state index contributed by atoms with van der Waals surface area (Å²) in [6, 6.07) is 13.5. The van der Waals surface area contributed by atoms with Crippen LogP contribution >= 0.6 is 0 Å². The van der Waals surface area contributed by atoms with Gasteiger partial charge in [-0.3, -0.25) is 14.4 Å². The number of aryl methyl sites for hydroxylation is 1. The van der Waals surface area contributed by atoms with E-state index >= 15 is 0 Å². The molecule has 1 amide bonds. The van der Waals surface area contributed by atoms with Crippen molar-refractivity contribution in [2.75, 3.05) is 20.3 Å². The lowest BCUT2D eigenvalue weighted by Gasteiger charge is -2.07. The summed E-state index contributed by atoms with van der Waals surface area (Å²) >= 11 is 0. The molecule has 6 heteroatoms. The number of esters is 1. The molecule has 25 heavy (non-hydrogen) atoms. The van der Waals surface area contributed by atoms with E-state index in [0.717, 1.165) is 5.56 Å². The van der Waals surface area contributed by atoms with Crippen LogP contribution in [0.5, 0.6) is 5.75 Å². The Balaban J connectivity index is 1.78. The molecule has 130 valence electrons. The molecule has 0 aliphatic heterocycles. The van der Waals surface area contributed by atoms with E-state index in [9.17, 15) is 14.4 Å². The number of rotatable bonds is 7. The summed E-state index contributed by atoms with van der Waals surface area (Å²) < 4.78 is 9.90. The number of amides is 1. The highest BCUT2D eigenvalue weighted by atomic mass is 16.5. The second kappa shape index (κ2) is 8.63. The molecule has 0 radical (unpaired) electrons. The van der Waals surface area contributed by atoms with Crippen LogP contribution in [-0.4, -0.2) is 37.9 Å². The van der Waals surface area contributed by atoms with Gasteiger partial charge in [-0.05, 0) is 43.3 Å². The maximum absolute atomic E-state index is 11.9. The molecule has 0 fully saturated rings. The number of hydrogen-bond donors (Lipinski definition) is 1. The summed E-state index contributed by atoms with van der Waals surface area (Å²) in [5.74, 6) is -0.751. The average Bonchev–Trinajstić information content (AvgIpc) is 2.64. The third-order valence-corrected chi connectivity index (χ3v) is 3.45. The molecule has 2 rings (SSSR count). The molecule has 1 N–H and O–H groups in total. The molecule has 6 nitrogen and oxygen atoms in total. The Hall–Kier alpha value is -3.15. The van der Waals surface area contributed by atoms with Gasteiger partial charge >= 0.3 is 5.97 Å². The van der Waals surface area contributed by atoms with Gasteiger partial charge in [0, 0.05) is 11.1 Å². The van der Waals surface area contributed by atoms with Crippen LogP contribution < -0.4 is 10.1 Å². The van der Waals surface area contributed by atoms with Gasteiger partial charge in [0.15, 0.2) is 12.4 Å². The number of methoxy groups -OCH3 is 1. The van der Waals surface area contributed by atoms with E-state index in [1.165, 1.54) is 7.11 Å². The predicted molar refractivity (Wildman–Crippen MR) is 91.8 cm³/mol. The summed E-state index contributed by atoms with van der Waals surface area (Å²) in [4.78, 5) is 35.5. The van der Waals surface area contributed by atoms with Gasteiger partial charge in [-0.25, -0.2) is 0 Å². The average molecular weight is 341 g/mol. The first-order chi connectivity index (χ1) is 12.0. The first-order valence-corrected chi connectivity index (χ1v) is 7.67. The Morgan fingerprint density at radius 3 is 2.36 bits per heavy atom. The van der Waals surface area contributed by atoms with E-state index in [-0.39, 0.29) is 24.8 Å². The lowest BCUT2D eigenvalue weighted by Crippen LogP contribution is -2.31. The minimum atomic E-state index is -0.678. The molecule has 0 atom stereocenters. The Labute approximate surface area is 145 Å². The Kier molecular flexibility index (Phi) is 6.28. The fraction of sp³-hybridized carbons (Fsp3) is 0.211. The van der Waals surface area contributed by atoms with Crippen molar-refractivity contribution >= 4 is 17.7 Å². The molecule has 0 saturated carbocycles. The quantitative estimate of drug-likeness (QED) is 0.616. The third-order valence-electron chi connectivity index (χ3n) is 3.45. The summed E-state index contributed by atoms with van der Waals surface area (Å²) in [6.07, 6.45) is 0. The minimum Gasteiger partial charge on any atom is -0.497 e. The van der Waals surface area contributed by atoms with Crippen molar-refractivity contribution in [2.45, 2.75) is 6.92 Å². The van der Waals surface area contributed by atoms with E-state index in [1.807, 2.05) is 13.0 Å². The molecule has 0 aliphatic rings. The Bertz CT molecular complexity index is 768. The topological polar surface area (TPSA) is 81.7 Å². The van der Waals surface area contributed by atoms with E-state index in [2.05, 4.69) is 5.32 Å². The van der Waals surface area contributed by atoms with E-state index in [4.69, 9.17) is 9.47 Å². The van der Waals surface area contributed by atoms with Crippen molar-refractivity contribution in [1.82, 2.24) is 5.32 Å². The lowest BCUT2D eigenvalue weighted by molar-refractivity contribution is -0.141. The molecule has 0 unspecified atom stereocenters. The van der Waals surface area contributed by atoms with E-state index < -0.39 is 5.97 Å². The fourth-order valence-corrected chi connectivity index (χ4v) is 2.10. The zero-order chi connectivity index (χ0) is 18.2. The molecular formula is C19H19NO5. The predicted octanol–water partition coefficient (Wildman–Crippen LogP) is 2.16. The van der Waals surface area contributed by atoms with Gasteiger partial charge in [-0.1, -0.05) is 17.7 Å². The monoisotopic (exact) mass is 341 g/mol. The van der Waals surface area contributed by atoms with Crippen molar-refractivity contribution < 1.29 is 23.9 Å². The zero-order valence-electron chi connectivity index (χ0n) is 14.1. The molecule has 2 aromatic carbocycles. The van der Waals surface area contributed by atoms with Crippen LogP contribution in [0.4, 0.5) is 0 Å². The van der Waals surface area contributed by atoms with Crippen LogP contribution in [-0.2, 0) is 9.53 Å². The summed E-state index contributed by atoms with van der Waals surface area (Å²) in [6.45, 7) is 1.18. The van der Waals surface area contributed by atoms with Gasteiger partial charge in [0.2, 0.25) is 0 Å². The first-order valence-electron chi connectivity index (χ1n) is 7.67. The zero-order valence-corrected chi connectivity index (χ0v) is 14.1. The van der Waals surface area contributed by atoms with Crippen molar-refractivity contribution in [3.63, 3.8) is 0 Å². The second-order valence-electron chi connectivity index (χ2n) is 5.36. The molecular weight excluding hydrogens is 322 g/mol. The standard InChI is InChI=1S/C19H19NO5/c1-13-4-3-5-15(10-13)19(23)20-11-18(22)25-12-17(21)14-6-8-16(24-2)9-7-14/h3-10H,11-12H2,1-2H3,(H,20,23). The molecule has 0 aliphatic carbocycles. The molecule has 0 spiro atoms. The minimum absolute atomic E-state index is 0.303. The summed E-state index contributed by atoms with van der Waals surface area (Å²) in [5.41, 5.74) is 1.82. The molecule has 0 aromatic heterocycles. The van der Waals surface area contributed by atoms with Crippen LogP contribution in [0, 0.1) is 6.92 Å². The normalized spacial score (nSPS) is 10.0. The molecule has 0 bridgehead atoms. The Morgan fingerprint density at radius 2 is 1.72 bits per heavy atom. The van der Waals surface area contributed by atoms with Gasteiger partial charge in [0.1, 0.15) is 12.3 Å². The Morgan fingerprint density at radius 1 is 1.00 bits per heavy atom. The largest absolute Gasteiger partial charge is 0.497 e. The van der Waals surface area contributed by atoms with Crippen LogP contribution in [0.15, 0.2) is 48.5 Å². The van der Waals surface area contributed by atoms with Gasteiger partial charge < -0.3 is 14.8 Å².